The molecule has 4 heteroatoms. The van der Waals surface area contributed by atoms with E-state index in [-0.39, 0.29) is 11.9 Å². The maximum atomic E-state index is 14.1. The first-order chi connectivity index (χ1) is 9.76. The van der Waals surface area contributed by atoms with Gasteiger partial charge in [-0.3, -0.25) is 0 Å². The highest BCUT2D eigenvalue weighted by Crippen LogP contribution is 2.25. The van der Waals surface area contributed by atoms with E-state index in [1.54, 1.807) is 12.1 Å². The molecule has 0 aromatic heterocycles. The van der Waals surface area contributed by atoms with Gasteiger partial charge in [0.05, 0.1) is 12.7 Å². The number of hydrogen-bond acceptors (Lipinski definition) is 3. The van der Waals surface area contributed by atoms with Crippen LogP contribution in [0, 0.1) is 5.82 Å². The largest absolute Gasteiger partial charge is 0.375 e. The lowest BCUT2D eigenvalue weighted by Crippen LogP contribution is -2.42. The fourth-order valence-electron chi connectivity index (χ4n) is 2.59. The van der Waals surface area contributed by atoms with Crippen molar-refractivity contribution in [2.45, 2.75) is 39.3 Å². The Balaban J connectivity index is 2.15. The van der Waals surface area contributed by atoms with Crippen LogP contribution in [-0.4, -0.2) is 32.3 Å². The number of ether oxygens (including phenoxy) is 1. The second kappa shape index (κ2) is 7.60. The van der Waals surface area contributed by atoms with E-state index < -0.39 is 0 Å². The van der Waals surface area contributed by atoms with Gasteiger partial charge in [0.15, 0.2) is 0 Å². The zero-order valence-electron chi connectivity index (χ0n) is 12.5. The van der Waals surface area contributed by atoms with Gasteiger partial charge in [0, 0.05) is 30.9 Å². The van der Waals surface area contributed by atoms with Crippen LogP contribution in [0.5, 0.6) is 0 Å². The number of nitrogens with zero attached hydrogens (tertiary/aromatic N) is 1. The van der Waals surface area contributed by atoms with E-state index in [1.165, 1.54) is 0 Å². The molecule has 20 heavy (non-hydrogen) atoms. The number of nitrogens with one attached hydrogen (secondary N) is 1. The van der Waals surface area contributed by atoms with E-state index in [9.17, 15) is 4.39 Å². The smallest absolute Gasteiger partial charge is 0.129 e. The summed E-state index contributed by atoms with van der Waals surface area (Å²) in [4.78, 5) is 2.25. The molecule has 0 saturated carbocycles. The second-order valence-corrected chi connectivity index (χ2v) is 5.26. The number of anilines is 1. The minimum Gasteiger partial charge on any atom is -0.375 e. The predicted molar refractivity (Wildman–Crippen MR) is 80.6 cm³/mol. The van der Waals surface area contributed by atoms with Crippen molar-refractivity contribution < 1.29 is 9.13 Å². The highest BCUT2D eigenvalue weighted by atomic mass is 19.1. The lowest BCUT2D eigenvalue weighted by Gasteiger charge is -2.35. The molecule has 0 bridgehead atoms. The number of benzene rings is 1. The maximum Gasteiger partial charge on any atom is 0.129 e. The Labute approximate surface area is 121 Å². The molecule has 112 valence electrons. The first-order valence-corrected chi connectivity index (χ1v) is 7.60. The molecule has 1 aromatic carbocycles. The highest BCUT2D eigenvalue weighted by molar-refractivity contribution is 5.54. The third-order valence-electron chi connectivity index (χ3n) is 3.76. The summed E-state index contributed by atoms with van der Waals surface area (Å²) in [5.74, 6) is -0.120. The van der Waals surface area contributed by atoms with Crippen molar-refractivity contribution in [3.8, 4) is 0 Å². The van der Waals surface area contributed by atoms with Gasteiger partial charge in [-0.15, -0.1) is 0 Å². The molecule has 1 atom stereocenters. The van der Waals surface area contributed by atoms with E-state index >= 15 is 0 Å². The monoisotopic (exact) mass is 280 g/mol. The number of morpholine rings is 1. The lowest BCUT2D eigenvalue weighted by atomic mass is 10.1. The van der Waals surface area contributed by atoms with Gasteiger partial charge in [-0.1, -0.05) is 19.9 Å². The summed E-state index contributed by atoms with van der Waals surface area (Å²) < 4.78 is 19.8. The minimum atomic E-state index is -0.120. The summed E-state index contributed by atoms with van der Waals surface area (Å²) in [5.41, 5.74) is 1.79. The molecule has 1 saturated heterocycles. The van der Waals surface area contributed by atoms with Crippen molar-refractivity contribution in [1.29, 1.82) is 0 Å². The molecule has 2 rings (SSSR count). The van der Waals surface area contributed by atoms with Crippen LogP contribution in [0.2, 0.25) is 0 Å². The Morgan fingerprint density at radius 3 is 3.00 bits per heavy atom. The van der Waals surface area contributed by atoms with Crippen LogP contribution >= 0.6 is 0 Å². The molecule has 3 nitrogen and oxygen atoms in total. The third-order valence-corrected chi connectivity index (χ3v) is 3.76. The van der Waals surface area contributed by atoms with Crippen LogP contribution in [0.3, 0.4) is 0 Å². The third kappa shape index (κ3) is 3.70. The second-order valence-electron chi connectivity index (χ2n) is 5.26. The zero-order valence-corrected chi connectivity index (χ0v) is 12.5. The number of hydrogen-bond donors (Lipinski definition) is 1. The Morgan fingerprint density at radius 2 is 2.25 bits per heavy atom. The first-order valence-electron chi connectivity index (χ1n) is 7.60. The standard InChI is InChI=1S/C16H25FN2O/c1-3-8-18-11-14-15(17)6-5-7-16(14)19-9-10-20-13(4-2)12-19/h5-7,13,18H,3-4,8-12H2,1-2H3. The topological polar surface area (TPSA) is 24.5 Å². The fraction of sp³-hybridized carbons (Fsp3) is 0.625. The quantitative estimate of drug-likeness (QED) is 0.811. The summed E-state index contributed by atoms with van der Waals surface area (Å²) >= 11 is 0. The van der Waals surface area contributed by atoms with E-state index in [2.05, 4.69) is 24.1 Å². The summed E-state index contributed by atoms with van der Waals surface area (Å²) in [5, 5.41) is 3.30. The summed E-state index contributed by atoms with van der Waals surface area (Å²) in [6.45, 7) is 8.14. The van der Waals surface area contributed by atoms with Crippen molar-refractivity contribution in [3.63, 3.8) is 0 Å². The van der Waals surface area contributed by atoms with Crippen molar-refractivity contribution in [2.24, 2.45) is 0 Å². The van der Waals surface area contributed by atoms with Gasteiger partial charge in [0.1, 0.15) is 5.82 Å². The fourth-order valence-corrected chi connectivity index (χ4v) is 2.59. The SMILES string of the molecule is CCCNCc1c(F)cccc1N1CCOC(CC)C1. The van der Waals surface area contributed by atoms with Crippen molar-refractivity contribution in [2.75, 3.05) is 31.1 Å². The highest BCUT2D eigenvalue weighted by Gasteiger charge is 2.22. The van der Waals surface area contributed by atoms with E-state index in [1.807, 2.05) is 6.07 Å². The average Bonchev–Trinajstić information content (AvgIpc) is 2.49. The van der Waals surface area contributed by atoms with E-state index in [0.717, 1.165) is 50.3 Å². The Bertz CT molecular complexity index is 425. The van der Waals surface area contributed by atoms with Crippen LogP contribution in [0.4, 0.5) is 10.1 Å². The molecule has 0 aliphatic carbocycles. The van der Waals surface area contributed by atoms with Gasteiger partial charge in [-0.25, -0.2) is 4.39 Å². The van der Waals surface area contributed by atoms with E-state index in [0.29, 0.717) is 6.54 Å². The Kier molecular flexibility index (Phi) is 5.80. The Hall–Kier alpha value is -1.13. The molecule has 0 amide bonds. The maximum absolute atomic E-state index is 14.1. The van der Waals surface area contributed by atoms with Crippen molar-refractivity contribution in [1.82, 2.24) is 5.32 Å². The molecule has 1 fully saturated rings. The molecular weight excluding hydrogens is 255 g/mol. The van der Waals surface area contributed by atoms with Crippen LogP contribution in [0.15, 0.2) is 18.2 Å². The molecule has 0 radical (unpaired) electrons. The van der Waals surface area contributed by atoms with Crippen LogP contribution in [0.1, 0.15) is 32.3 Å². The molecule has 1 N–H and O–H groups in total. The molecule has 1 heterocycles. The summed E-state index contributed by atoms with van der Waals surface area (Å²) in [6.07, 6.45) is 2.30. The Morgan fingerprint density at radius 1 is 1.40 bits per heavy atom. The lowest BCUT2D eigenvalue weighted by molar-refractivity contribution is 0.0383. The first kappa shape index (κ1) is 15.3. The molecule has 1 aliphatic rings. The molecule has 1 aliphatic heterocycles. The van der Waals surface area contributed by atoms with Gasteiger partial charge in [-0.05, 0) is 31.5 Å². The van der Waals surface area contributed by atoms with Gasteiger partial charge in [-0.2, -0.15) is 0 Å². The van der Waals surface area contributed by atoms with Crippen LogP contribution in [0.25, 0.3) is 0 Å². The molecular formula is C16H25FN2O. The normalized spacial score (nSPS) is 19.4. The van der Waals surface area contributed by atoms with E-state index in [4.69, 9.17) is 4.74 Å². The van der Waals surface area contributed by atoms with Gasteiger partial charge >= 0.3 is 0 Å². The van der Waals surface area contributed by atoms with Gasteiger partial charge in [0.2, 0.25) is 0 Å². The minimum absolute atomic E-state index is 0.120. The number of rotatable bonds is 6. The molecule has 0 spiro atoms. The predicted octanol–water partition coefficient (Wildman–Crippen LogP) is 2.94. The van der Waals surface area contributed by atoms with Gasteiger partial charge < -0.3 is 15.0 Å². The van der Waals surface area contributed by atoms with Crippen LogP contribution < -0.4 is 10.2 Å². The number of halogens is 1. The zero-order chi connectivity index (χ0) is 14.4. The summed E-state index contributed by atoms with van der Waals surface area (Å²) in [6, 6.07) is 5.36. The summed E-state index contributed by atoms with van der Waals surface area (Å²) in [7, 11) is 0. The molecule has 1 aromatic rings. The molecule has 1 unspecified atom stereocenters. The van der Waals surface area contributed by atoms with Crippen molar-refractivity contribution in [3.05, 3.63) is 29.6 Å². The van der Waals surface area contributed by atoms with Gasteiger partial charge in [0.25, 0.3) is 0 Å². The average molecular weight is 280 g/mol. The van der Waals surface area contributed by atoms with Crippen molar-refractivity contribution >= 4 is 5.69 Å². The van der Waals surface area contributed by atoms with Crippen LogP contribution in [-0.2, 0) is 11.3 Å².